The highest BCUT2D eigenvalue weighted by Gasteiger charge is 2.48. The van der Waals surface area contributed by atoms with Crippen molar-refractivity contribution in [3.63, 3.8) is 0 Å². The first kappa shape index (κ1) is 24.6. The van der Waals surface area contributed by atoms with Crippen molar-refractivity contribution < 1.29 is 24.9 Å². The molecule has 0 spiro atoms. The van der Waals surface area contributed by atoms with Gasteiger partial charge in [0.2, 0.25) is 5.91 Å². The van der Waals surface area contributed by atoms with E-state index in [1.165, 1.54) is 43.9 Å². The van der Waals surface area contributed by atoms with E-state index in [1.54, 1.807) is 13.2 Å². The number of halogens is 1. The summed E-state index contributed by atoms with van der Waals surface area (Å²) >= 11 is 7.60. The van der Waals surface area contributed by atoms with Crippen LogP contribution in [-0.2, 0) is 9.53 Å². The largest absolute Gasteiger partial charge is 0.388 e. The van der Waals surface area contributed by atoms with Crippen molar-refractivity contribution in [1.29, 1.82) is 0 Å². The minimum Gasteiger partial charge on any atom is -0.388 e. The van der Waals surface area contributed by atoms with Gasteiger partial charge < -0.3 is 30.7 Å². The number of piperidine rings is 1. The Hall–Kier alpha value is -0.0900. The molecule has 1 saturated carbocycles. The van der Waals surface area contributed by atoms with Crippen LogP contribution in [0.15, 0.2) is 0 Å². The van der Waals surface area contributed by atoms with E-state index >= 15 is 0 Å². The van der Waals surface area contributed by atoms with Crippen LogP contribution in [0.25, 0.3) is 0 Å². The van der Waals surface area contributed by atoms with Crippen molar-refractivity contribution in [2.45, 2.75) is 99.2 Å². The molecule has 9 heteroatoms. The second kappa shape index (κ2) is 11.2. The SMILES string of the molecule is CS[C@H]1O[C@H]([C@H](NC(=O)[C@@H]2C[C@H](CCC3CCC3)CCN2)[C@H](C)Cl)[C@H](O)[C@H](O)[C@H]1O. The molecule has 0 bridgehead atoms. The molecule has 3 rings (SSSR count). The number of nitrogens with one attached hydrogen (secondary N) is 2. The number of aliphatic hydroxyl groups excluding tert-OH is 3. The zero-order valence-electron chi connectivity index (χ0n) is 17.9. The van der Waals surface area contributed by atoms with Crippen LogP contribution in [0.4, 0.5) is 0 Å². The van der Waals surface area contributed by atoms with Crippen LogP contribution in [0.3, 0.4) is 0 Å². The standard InChI is InChI=1S/C21H37ClN2O5S/c1-11(22)15(19-17(26)16(25)18(27)21(29-19)30-2)24-20(28)14-10-13(8-9-23-14)7-6-12-4-3-5-12/h11-19,21,23,25-27H,3-10H2,1-2H3,(H,24,28)/t11-,13+,14-,15+,16-,17+,18+,19+,21+/m0/s1. The normalized spacial score (nSPS) is 39.7. The lowest BCUT2D eigenvalue weighted by Gasteiger charge is -2.44. The number of hydrogen-bond acceptors (Lipinski definition) is 7. The number of amides is 1. The molecule has 0 unspecified atom stereocenters. The quantitative estimate of drug-likeness (QED) is 0.343. The molecular formula is C21H37ClN2O5S. The number of hydrogen-bond donors (Lipinski definition) is 5. The average molecular weight is 465 g/mol. The molecule has 0 aromatic rings. The van der Waals surface area contributed by atoms with E-state index in [0.717, 1.165) is 25.3 Å². The Balaban J connectivity index is 1.59. The molecule has 1 amide bonds. The fourth-order valence-electron chi connectivity index (χ4n) is 4.80. The van der Waals surface area contributed by atoms with Gasteiger partial charge in [0.25, 0.3) is 0 Å². The molecule has 0 aromatic heterocycles. The molecule has 5 N–H and O–H groups in total. The maximum absolute atomic E-state index is 13.0. The minimum atomic E-state index is -1.36. The van der Waals surface area contributed by atoms with Crippen molar-refractivity contribution >= 4 is 29.3 Å². The molecule has 3 aliphatic rings. The average Bonchev–Trinajstić information content (AvgIpc) is 2.69. The lowest BCUT2D eigenvalue weighted by molar-refractivity contribution is -0.205. The Morgan fingerprint density at radius 3 is 2.47 bits per heavy atom. The summed E-state index contributed by atoms with van der Waals surface area (Å²) in [5, 5.41) is 36.5. The van der Waals surface area contributed by atoms with Crippen molar-refractivity contribution in [2.24, 2.45) is 11.8 Å². The van der Waals surface area contributed by atoms with Gasteiger partial charge in [-0.3, -0.25) is 4.79 Å². The summed E-state index contributed by atoms with van der Waals surface area (Å²) in [7, 11) is 0. The van der Waals surface area contributed by atoms with Gasteiger partial charge in [-0.1, -0.05) is 32.1 Å². The number of alkyl halides is 1. The van der Waals surface area contributed by atoms with E-state index in [0.29, 0.717) is 5.92 Å². The third-order valence-electron chi connectivity index (χ3n) is 7.03. The van der Waals surface area contributed by atoms with E-state index in [4.69, 9.17) is 16.3 Å². The molecule has 30 heavy (non-hydrogen) atoms. The van der Waals surface area contributed by atoms with E-state index in [2.05, 4.69) is 10.6 Å². The Labute approximate surface area is 188 Å². The van der Waals surface area contributed by atoms with Crippen molar-refractivity contribution in [2.75, 3.05) is 12.8 Å². The van der Waals surface area contributed by atoms with Crippen LogP contribution in [0, 0.1) is 11.8 Å². The first-order valence-electron chi connectivity index (χ1n) is 11.2. The molecule has 174 valence electrons. The van der Waals surface area contributed by atoms with Crippen LogP contribution >= 0.6 is 23.4 Å². The van der Waals surface area contributed by atoms with Crippen molar-refractivity contribution in [3.05, 3.63) is 0 Å². The van der Waals surface area contributed by atoms with Crippen LogP contribution in [0.1, 0.15) is 51.9 Å². The number of thioether (sulfide) groups is 1. The molecule has 2 saturated heterocycles. The molecular weight excluding hydrogens is 428 g/mol. The third-order valence-corrected chi connectivity index (χ3v) is 8.16. The smallest absolute Gasteiger partial charge is 0.237 e. The number of ether oxygens (including phenoxy) is 1. The molecule has 0 radical (unpaired) electrons. The van der Waals surface area contributed by atoms with Crippen molar-refractivity contribution in [3.8, 4) is 0 Å². The molecule has 3 fully saturated rings. The highest BCUT2D eigenvalue weighted by molar-refractivity contribution is 7.99. The minimum absolute atomic E-state index is 0.155. The lowest BCUT2D eigenvalue weighted by Crippen LogP contribution is -2.65. The monoisotopic (exact) mass is 464 g/mol. The van der Waals surface area contributed by atoms with E-state index < -0.39 is 41.3 Å². The zero-order chi connectivity index (χ0) is 21.8. The Bertz CT molecular complexity index is 566. The van der Waals surface area contributed by atoms with Gasteiger partial charge in [-0.05, 0) is 44.4 Å². The van der Waals surface area contributed by atoms with Gasteiger partial charge in [0.05, 0.1) is 17.5 Å². The van der Waals surface area contributed by atoms with Gasteiger partial charge in [-0.25, -0.2) is 0 Å². The second-order valence-corrected chi connectivity index (χ2v) is 10.8. The van der Waals surface area contributed by atoms with E-state index in [-0.39, 0.29) is 11.9 Å². The zero-order valence-corrected chi connectivity index (χ0v) is 19.4. The first-order chi connectivity index (χ1) is 14.3. The summed E-state index contributed by atoms with van der Waals surface area (Å²) in [5.41, 5.74) is -0.702. The summed E-state index contributed by atoms with van der Waals surface area (Å²) in [6.45, 7) is 2.54. The van der Waals surface area contributed by atoms with Crippen LogP contribution < -0.4 is 10.6 Å². The van der Waals surface area contributed by atoms with Crippen LogP contribution in [0.2, 0.25) is 0 Å². The molecule has 2 heterocycles. The summed E-state index contributed by atoms with van der Waals surface area (Å²) in [4.78, 5) is 13.0. The van der Waals surface area contributed by atoms with Crippen LogP contribution in [-0.4, -0.2) is 81.3 Å². The molecule has 0 aromatic carbocycles. The van der Waals surface area contributed by atoms with Gasteiger partial charge in [-0.2, -0.15) is 0 Å². The second-order valence-electron chi connectivity index (χ2n) is 9.16. The third kappa shape index (κ3) is 5.82. The number of carbonyl (C=O) groups is 1. The molecule has 1 aliphatic carbocycles. The van der Waals surface area contributed by atoms with E-state index in [9.17, 15) is 20.1 Å². The van der Waals surface area contributed by atoms with Gasteiger partial charge in [0.1, 0.15) is 29.9 Å². The number of rotatable bonds is 8. The first-order valence-corrected chi connectivity index (χ1v) is 12.9. The van der Waals surface area contributed by atoms with E-state index in [1.807, 2.05) is 0 Å². The fraction of sp³-hybridized carbons (Fsp3) is 0.952. The number of carbonyl (C=O) groups excluding carboxylic acids is 1. The summed E-state index contributed by atoms with van der Waals surface area (Å²) in [6.07, 6.45) is 5.33. The maximum atomic E-state index is 13.0. The Morgan fingerprint density at radius 1 is 1.17 bits per heavy atom. The number of aliphatic hydroxyl groups is 3. The predicted octanol–water partition coefficient (Wildman–Crippen LogP) is 1.22. The summed E-state index contributed by atoms with van der Waals surface area (Å²) < 4.78 is 5.83. The van der Waals surface area contributed by atoms with Gasteiger partial charge >= 0.3 is 0 Å². The summed E-state index contributed by atoms with van der Waals surface area (Å²) in [5.74, 6) is 1.27. The topological polar surface area (TPSA) is 111 Å². The van der Waals surface area contributed by atoms with Gasteiger partial charge in [-0.15, -0.1) is 23.4 Å². The maximum Gasteiger partial charge on any atom is 0.237 e. The van der Waals surface area contributed by atoms with Gasteiger partial charge in [0.15, 0.2) is 0 Å². The predicted molar refractivity (Wildman–Crippen MR) is 119 cm³/mol. The molecule has 9 atom stereocenters. The fourth-order valence-corrected chi connectivity index (χ4v) is 5.69. The highest BCUT2D eigenvalue weighted by atomic mass is 35.5. The highest BCUT2D eigenvalue weighted by Crippen LogP contribution is 2.34. The lowest BCUT2D eigenvalue weighted by atomic mass is 9.78. The molecule has 7 nitrogen and oxygen atoms in total. The van der Waals surface area contributed by atoms with Gasteiger partial charge in [0, 0.05) is 0 Å². The van der Waals surface area contributed by atoms with Crippen LogP contribution in [0.5, 0.6) is 0 Å². The van der Waals surface area contributed by atoms with Crippen molar-refractivity contribution in [1.82, 2.24) is 10.6 Å². The molecule has 2 aliphatic heterocycles. The Morgan fingerprint density at radius 2 is 1.87 bits per heavy atom. The summed E-state index contributed by atoms with van der Waals surface area (Å²) in [6, 6.07) is -0.987. The Kier molecular flexibility index (Phi) is 9.14.